The van der Waals surface area contributed by atoms with E-state index in [1.54, 1.807) is 25.3 Å². The fourth-order valence-electron chi connectivity index (χ4n) is 2.52. The average molecular weight is 369 g/mol. The van der Waals surface area contributed by atoms with Crippen LogP contribution in [0.25, 0.3) is 0 Å². The maximum atomic E-state index is 12.1. The molecule has 132 valence electrons. The van der Waals surface area contributed by atoms with Gasteiger partial charge in [0.1, 0.15) is 5.75 Å². The molecule has 0 bridgehead atoms. The highest BCUT2D eigenvalue weighted by molar-refractivity contribution is 8.77. The lowest BCUT2D eigenvalue weighted by Crippen LogP contribution is -2.13. The van der Waals surface area contributed by atoms with Crippen molar-refractivity contribution in [1.29, 1.82) is 0 Å². The Bertz CT molecular complexity index is 575. The summed E-state index contributed by atoms with van der Waals surface area (Å²) in [6.07, 6.45) is 4.94. The number of ether oxygens (including phenoxy) is 1. The first-order chi connectivity index (χ1) is 11.6. The van der Waals surface area contributed by atoms with E-state index in [9.17, 15) is 9.59 Å². The highest BCUT2D eigenvalue weighted by atomic mass is 33.1. The van der Waals surface area contributed by atoms with Crippen LogP contribution in [-0.2, 0) is 9.59 Å². The first kappa shape index (κ1) is 19.0. The van der Waals surface area contributed by atoms with Gasteiger partial charge in [0.15, 0.2) is 0 Å². The lowest BCUT2D eigenvalue weighted by atomic mass is 10.1. The summed E-state index contributed by atoms with van der Waals surface area (Å²) in [5.41, 5.74) is 1.21. The van der Waals surface area contributed by atoms with Gasteiger partial charge >= 0.3 is 0 Å². The van der Waals surface area contributed by atoms with Crippen molar-refractivity contribution in [2.75, 3.05) is 23.5 Å². The van der Waals surface area contributed by atoms with Crippen molar-refractivity contribution in [3.63, 3.8) is 0 Å². The third-order valence-electron chi connectivity index (χ3n) is 3.70. The molecular formula is C17H24N2O3S2. The van der Waals surface area contributed by atoms with Crippen molar-refractivity contribution in [2.45, 2.75) is 44.3 Å². The number of amides is 2. The molecule has 1 atom stereocenters. The van der Waals surface area contributed by atoms with E-state index in [4.69, 9.17) is 4.74 Å². The molecule has 7 heteroatoms. The lowest BCUT2D eigenvalue weighted by molar-refractivity contribution is -0.116. The number of unbranched alkanes of at least 4 members (excludes halogenated alkanes) is 1. The zero-order valence-electron chi connectivity index (χ0n) is 14.1. The number of hydrogen-bond donors (Lipinski definition) is 2. The van der Waals surface area contributed by atoms with Crippen molar-refractivity contribution >= 4 is 44.8 Å². The molecule has 24 heavy (non-hydrogen) atoms. The van der Waals surface area contributed by atoms with Crippen LogP contribution in [0.2, 0.25) is 0 Å². The Morgan fingerprint density at radius 2 is 2.12 bits per heavy atom. The molecule has 5 nitrogen and oxygen atoms in total. The maximum Gasteiger partial charge on any atom is 0.224 e. The van der Waals surface area contributed by atoms with Crippen molar-refractivity contribution < 1.29 is 14.3 Å². The van der Waals surface area contributed by atoms with Gasteiger partial charge < -0.3 is 15.4 Å². The molecule has 1 saturated heterocycles. The molecule has 0 aliphatic carbocycles. The van der Waals surface area contributed by atoms with Crippen molar-refractivity contribution in [1.82, 2.24) is 0 Å². The normalized spacial score (nSPS) is 16.7. The Morgan fingerprint density at radius 1 is 1.29 bits per heavy atom. The van der Waals surface area contributed by atoms with Crippen molar-refractivity contribution in [2.24, 2.45) is 0 Å². The summed E-state index contributed by atoms with van der Waals surface area (Å²) in [4.78, 5) is 23.3. The van der Waals surface area contributed by atoms with E-state index < -0.39 is 0 Å². The van der Waals surface area contributed by atoms with Crippen LogP contribution in [0.3, 0.4) is 0 Å². The Kier molecular flexibility index (Phi) is 7.78. The minimum Gasteiger partial charge on any atom is -0.495 e. The van der Waals surface area contributed by atoms with Crippen LogP contribution in [-0.4, -0.2) is 29.9 Å². The van der Waals surface area contributed by atoms with Gasteiger partial charge in [0.05, 0.1) is 12.8 Å². The zero-order chi connectivity index (χ0) is 17.4. The average Bonchev–Trinajstić information content (AvgIpc) is 3.05. The molecule has 0 aromatic heterocycles. The van der Waals surface area contributed by atoms with E-state index in [0.29, 0.717) is 23.5 Å². The van der Waals surface area contributed by atoms with Gasteiger partial charge in [-0.05, 0) is 37.5 Å². The predicted molar refractivity (Wildman–Crippen MR) is 103 cm³/mol. The third-order valence-corrected chi connectivity index (χ3v) is 6.71. The number of carbonyl (C=O) groups is 2. The molecule has 2 amide bonds. The molecule has 2 N–H and O–H groups in total. The molecule has 1 aliphatic heterocycles. The summed E-state index contributed by atoms with van der Waals surface area (Å²) in [6.45, 7) is 1.45. The number of hydrogen-bond acceptors (Lipinski definition) is 5. The van der Waals surface area contributed by atoms with Gasteiger partial charge in [-0.1, -0.05) is 28.0 Å². The molecule has 1 aliphatic rings. The number of rotatable bonds is 8. The number of benzene rings is 1. The summed E-state index contributed by atoms with van der Waals surface area (Å²) < 4.78 is 5.27. The molecule has 2 rings (SSSR count). The van der Waals surface area contributed by atoms with Gasteiger partial charge in [-0.25, -0.2) is 0 Å². The second kappa shape index (κ2) is 9.84. The van der Waals surface area contributed by atoms with Crippen LogP contribution >= 0.6 is 21.6 Å². The molecule has 1 aromatic carbocycles. The van der Waals surface area contributed by atoms with Gasteiger partial charge in [-0.15, -0.1) is 0 Å². The monoisotopic (exact) mass is 368 g/mol. The first-order valence-corrected chi connectivity index (χ1v) is 10.5. The molecule has 1 heterocycles. The van der Waals surface area contributed by atoms with E-state index in [2.05, 4.69) is 10.6 Å². The Morgan fingerprint density at radius 3 is 2.79 bits per heavy atom. The summed E-state index contributed by atoms with van der Waals surface area (Å²) in [7, 11) is 5.49. The number of carbonyl (C=O) groups excluding carboxylic acids is 2. The number of anilines is 2. The quantitative estimate of drug-likeness (QED) is 0.529. The third kappa shape index (κ3) is 6.28. The van der Waals surface area contributed by atoms with Crippen LogP contribution < -0.4 is 15.4 Å². The Hall–Kier alpha value is -1.34. The fraction of sp³-hybridized carbons (Fsp3) is 0.529. The molecule has 0 spiro atoms. The maximum absolute atomic E-state index is 12.1. The molecule has 0 saturated carbocycles. The first-order valence-electron chi connectivity index (χ1n) is 8.12. The Labute approximate surface area is 151 Å². The highest BCUT2D eigenvalue weighted by Crippen LogP contribution is 2.39. The second-order valence-electron chi connectivity index (χ2n) is 5.72. The van der Waals surface area contributed by atoms with Crippen LogP contribution in [0.4, 0.5) is 11.4 Å². The molecule has 1 unspecified atom stereocenters. The SMILES string of the molecule is COc1ccc(NC(C)=O)cc1NC(=O)CCCCC1CCSS1. The van der Waals surface area contributed by atoms with Crippen LogP contribution in [0.15, 0.2) is 18.2 Å². The van der Waals surface area contributed by atoms with Gasteiger partial charge in [-0.3, -0.25) is 9.59 Å². The second-order valence-corrected chi connectivity index (χ2v) is 8.51. The van der Waals surface area contributed by atoms with Crippen LogP contribution in [0.5, 0.6) is 5.75 Å². The topological polar surface area (TPSA) is 67.4 Å². The highest BCUT2D eigenvalue weighted by Gasteiger charge is 2.16. The van der Waals surface area contributed by atoms with Gasteiger partial charge in [0, 0.05) is 30.0 Å². The molecule has 1 fully saturated rings. The van der Waals surface area contributed by atoms with Gasteiger partial charge in [0.2, 0.25) is 11.8 Å². The summed E-state index contributed by atoms with van der Waals surface area (Å²) in [5.74, 6) is 1.65. The summed E-state index contributed by atoms with van der Waals surface area (Å²) in [5, 5.41) is 6.34. The lowest BCUT2D eigenvalue weighted by Gasteiger charge is -2.12. The predicted octanol–water partition coefficient (Wildman–Crippen LogP) is 4.31. The van der Waals surface area contributed by atoms with Crippen LogP contribution in [0.1, 0.15) is 39.0 Å². The Balaban J connectivity index is 1.81. The standard InChI is InChI=1S/C17H24N2O3S2/c1-12(20)18-13-7-8-16(22-2)15(11-13)19-17(21)6-4-3-5-14-9-10-23-24-14/h7-8,11,14H,3-6,9-10H2,1-2H3,(H,18,20)(H,19,21). The van der Waals surface area contributed by atoms with E-state index in [1.165, 1.54) is 25.5 Å². The number of methoxy groups -OCH3 is 1. The van der Waals surface area contributed by atoms with E-state index >= 15 is 0 Å². The zero-order valence-corrected chi connectivity index (χ0v) is 15.7. The van der Waals surface area contributed by atoms with Crippen molar-refractivity contribution in [3.05, 3.63) is 18.2 Å². The molecular weight excluding hydrogens is 344 g/mol. The summed E-state index contributed by atoms with van der Waals surface area (Å²) >= 11 is 0. The number of nitrogens with one attached hydrogen (secondary N) is 2. The van der Waals surface area contributed by atoms with E-state index in [-0.39, 0.29) is 11.8 Å². The van der Waals surface area contributed by atoms with Crippen LogP contribution in [0, 0.1) is 0 Å². The summed E-state index contributed by atoms with van der Waals surface area (Å²) in [6, 6.07) is 5.19. The van der Waals surface area contributed by atoms with E-state index in [1.807, 2.05) is 21.6 Å². The minimum absolute atomic E-state index is 0.0262. The minimum atomic E-state index is -0.152. The van der Waals surface area contributed by atoms with Gasteiger partial charge in [-0.2, -0.15) is 0 Å². The fourth-order valence-corrected chi connectivity index (χ4v) is 5.55. The largest absolute Gasteiger partial charge is 0.495 e. The van der Waals surface area contributed by atoms with Crippen molar-refractivity contribution in [3.8, 4) is 5.75 Å². The molecule has 1 aromatic rings. The van der Waals surface area contributed by atoms with E-state index in [0.717, 1.165) is 18.1 Å². The molecule has 0 radical (unpaired) electrons. The smallest absolute Gasteiger partial charge is 0.224 e. The van der Waals surface area contributed by atoms with Gasteiger partial charge in [0.25, 0.3) is 0 Å².